The zero-order valence-corrected chi connectivity index (χ0v) is 24.1. The molecule has 0 spiro atoms. The molecule has 0 bridgehead atoms. The summed E-state index contributed by atoms with van der Waals surface area (Å²) in [4.78, 5) is 38.6. The molecule has 1 aliphatic rings. The molecule has 3 aromatic carbocycles. The van der Waals surface area contributed by atoms with E-state index in [0.717, 1.165) is 4.47 Å². The molecule has 11 heteroatoms. The average Bonchev–Trinajstić information content (AvgIpc) is 3.30. The van der Waals surface area contributed by atoms with Crippen molar-refractivity contribution >= 4 is 61.1 Å². The number of likely N-dealkylation sites (tertiary alicyclic amines) is 1. The van der Waals surface area contributed by atoms with Crippen LogP contribution in [-0.4, -0.2) is 55.3 Å². The molecule has 4 rings (SSSR count). The monoisotopic (exact) mass is 661 g/mol. The number of nitrogens with one attached hydrogen (secondary N) is 2. The molecule has 39 heavy (non-hydrogen) atoms. The van der Waals surface area contributed by atoms with Crippen LogP contribution >= 0.6 is 31.9 Å². The van der Waals surface area contributed by atoms with Crippen molar-refractivity contribution in [1.82, 2.24) is 4.90 Å². The van der Waals surface area contributed by atoms with E-state index in [-0.39, 0.29) is 31.9 Å². The Morgan fingerprint density at radius 1 is 0.974 bits per heavy atom. The molecule has 0 radical (unpaired) electrons. The van der Waals surface area contributed by atoms with Crippen LogP contribution in [-0.2, 0) is 16.0 Å². The Balaban J connectivity index is 1.33. The van der Waals surface area contributed by atoms with Gasteiger partial charge in [-0.05, 0) is 86.0 Å². The van der Waals surface area contributed by atoms with Gasteiger partial charge < -0.3 is 25.0 Å². The van der Waals surface area contributed by atoms with Crippen LogP contribution in [0.25, 0.3) is 0 Å². The lowest BCUT2D eigenvalue weighted by Crippen LogP contribution is -2.40. The molecule has 3 amide bonds. The molecule has 0 aliphatic carbocycles. The molecule has 204 valence electrons. The van der Waals surface area contributed by atoms with Crippen LogP contribution in [0, 0.1) is 0 Å². The van der Waals surface area contributed by atoms with Gasteiger partial charge in [-0.2, -0.15) is 0 Å². The van der Waals surface area contributed by atoms with Crippen molar-refractivity contribution in [3.05, 3.63) is 86.8 Å². The second-order valence-corrected chi connectivity index (χ2v) is 10.6. The highest BCUT2D eigenvalue weighted by Gasteiger charge is 2.35. The molecule has 1 aliphatic heterocycles. The zero-order valence-electron chi connectivity index (χ0n) is 21.0. The lowest BCUT2D eigenvalue weighted by atomic mass is 10.1. The SMILES string of the molecule is COC(=O)c1ccc(OCC2C[C@H](F)CN2C(=O)Cc2ccc(NC(=O)Nc3ccccc3Br)c(Br)c2)cc1. The molecule has 1 heterocycles. The molecule has 8 nitrogen and oxygen atoms in total. The third kappa shape index (κ3) is 7.57. The van der Waals surface area contributed by atoms with E-state index in [1.165, 1.54) is 12.0 Å². The van der Waals surface area contributed by atoms with Crippen LogP contribution < -0.4 is 15.4 Å². The summed E-state index contributed by atoms with van der Waals surface area (Å²) < 4.78 is 26.1. The Labute approximate surface area is 242 Å². The summed E-state index contributed by atoms with van der Waals surface area (Å²) in [5.74, 6) is -0.161. The minimum atomic E-state index is -1.13. The summed E-state index contributed by atoms with van der Waals surface area (Å²) in [6.07, 6.45) is -0.879. The number of esters is 1. The largest absolute Gasteiger partial charge is 0.491 e. The fraction of sp³-hybridized carbons (Fsp3) is 0.250. The molecule has 2 N–H and O–H groups in total. The topological polar surface area (TPSA) is 97.0 Å². The van der Waals surface area contributed by atoms with E-state index in [9.17, 15) is 18.8 Å². The van der Waals surface area contributed by atoms with Gasteiger partial charge >= 0.3 is 12.0 Å². The Morgan fingerprint density at radius 3 is 2.33 bits per heavy atom. The van der Waals surface area contributed by atoms with E-state index in [1.54, 1.807) is 48.5 Å². The number of alkyl halides is 1. The van der Waals surface area contributed by atoms with Crippen molar-refractivity contribution in [2.24, 2.45) is 0 Å². The summed E-state index contributed by atoms with van der Waals surface area (Å²) in [7, 11) is 1.31. The standard InChI is InChI=1S/C28H26Br2FN3O5/c1-38-27(36)18-7-9-21(10-8-18)39-16-20-14-19(31)15-34(20)26(35)13-17-6-11-25(23(30)12-17)33-28(37)32-24-5-3-2-4-22(24)29/h2-12,19-20H,13-16H2,1H3,(H2,32,33,37)/t19-,20?/m0/s1. The van der Waals surface area contributed by atoms with Crippen LogP contribution in [0.1, 0.15) is 22.3 Å². The normalized spacial score (nSPS) is 16.5. The number of rotatable bonds is 8. The first-order chi connectivity index (χ1) is 18.7. The molecule has 0 saturated carbocycles. The fourth-order valence-corrected chi connectivity index (χ4v) is 5.11. The van der Waals surface area contributed by atoms with Crippen LogP contribution in [0.2, 0.25) is 0 Å². The number of ether oxygens (including phenoxy) is 2. The van der Waals surface area contributed by atoms with Crippen molar-refractivity contribution in [1.29, 1.82) is 0 Å². The summed E-state index contributed by atoms with van der Waals surface area (Å²) >= 11 is 6.84. The zero-order chi connectivity index (χ0) is 27.9. The number of methoxy groups -OCH3 is 1. The van der Waals surface area contributed by atoms with Gasteiger partial charge in [0.05, 0.1) is 43.1 Å². The first-order valence-electron chi connectivity index (χ1n) is 12.1. The van der Waals surface area contributed by atoms with Crippen LogP contribution in [0.15, 0.2) is 75.7 Å². The molecule has 1 unspecified atom stereocenters. The van der Waals surface area contributed by atoms with E-state index < -0.39 is 24.2 Å². The van der Waals surface area contributed by atoms with E-state index in [2.05, 4.69) is 47.2 Å². The minimum absolute atomic E-state index is 0.00413. The second kappa shape index (κ2) is 13.1. The number of hydrogen-bond acceptors (Lipinski definition) is 5. The maximum absolute atomic E-state index is 14.3. The third-order valence-electron chi connectivity index (χ3n) is 6.16. The number of carbonyl (C=O) groups is 3. The molecule has 1 fully saturated rings. The van der Waals surface area contributed by atoms with E-state index >= 15 is 0 Å². The second-order valence-electron chi connectivity index (χ2n) is 8.91. The number of benzene rings is 3. The van der Waals surface area contributed by atoms with Gasteiger partial charge in [-0.3, -0.25) is 4.79 Å². The number of hydrogen-bond donors (Lipinski definition) is 2. The average molecular weight is 663 g/mol. The first kappa shape index (κ1) is 28.6. The highest BCUT2D eigenvalue weighted by atomic mass is 79.9. The Bertz CT molecular complexity index is 1360. The van der Waals surface area contributed by atoms with Gasteiger partial charge in [0.1, 0.15) is 18.5 Å². The van der Waals surface area contributed by atoms with Gasteiger partial charge in [0.2, 0.25) is 5.91 Å². The minimum Gasteiger partial charge on any atom is -0.491 e. The van der Waals surface area contributed by atoms with Crippen molar-refractivity contribution < 1.29 is 28.2 Å². The van der Waals surface area contributed by atoms with Crippen molar-refractivity contribution in [2.75, 3.05) is 30.9 Å². The van der Waals surface area contributed by atoms with E-state index in [4.69, 9.17) is 4.74 Å². The summed E-state index contributed by atoms with van der Waals surface area (Å²) in [5, 5.41) is 5.54. The highest BCUT2D eigenvalue weighted by molar-refractivity contribution is 9.11. The van der Waals surface area contributed by atoms with Crippen molar-refractivity contribution in [2.45, 2.75) is 25.1 Å². The predicted octanol–water partition coefficient (Wildman–Crippen LogP) is 6.20. The van der Waals surface area contributed by atoms with E-state index in [1.807, 2.05) is 18.2 Å². The number of nitrogens with zero attached hydrogens (tertiary/aromatic N) is 1. The summed E-state index contributed by atoms with van der Waals surface area (Å²) in [6.45, 7) is 0.132. The van der Waals surface area contributed by atoms with Crippen molar-refractivity contribution in [3.8, 4) is 5.75 Å². The number of para-hydroxylation sites is 1. The van der Waals surface area contributed by atoms with Gasteiger partial charge in [0, 0.05) is 15.4 Å². The smallest absolute Gasteiger partial charge is 0.337 e. The molecular formula is C28H26Br2FN3O5. The number of halogens is 3. The first-order valence-corrected chi connectivity index (χ1v) is 13.7. The number of anilines is 2. The maximum Gasteiger partial charge on any atom is 0.337 e. The lowest BCUT2D eigenvalue weighted by molar-refractivity contribution is -0.132. The molecule has 1 saturated heterocycles. The number of urea groups is 1. The summed E-state index contributed by atoms with van der Waals surface area (Å²) in [6, 6.07) is 18.0. The maximum atomic E-state index is 14.3. The molecule has 0 aromatic heterocycles. The number of amides is 3. The van der Waals surface area contributed by atoms with Gasteiger partial charge in [0.25, 0.3) is 0 Å². The molecule has 3 aromatic rings. The Kier molecular flexibility index (Phi) is 9.58. The molecular weight excluding hydrogens is 637 g/mol. The lowest BCUT2D eigenvalue weighted by Gasteiger charge is -2.24. The van der Waals surface area contributed by atoms with Gasteiger partial charge in [-0.25, -0.2) is 14.0 Å². The highest BCUT2D eigenvalue weighted by Crippen LogP contribution is 2.27. The van der Waals surface area contributed by atoms with Crippen molar-refractivity contribution in [3.63, 3.8) is 0 Å². The van der Waals surface area contributed by atoms with Crippen LogP contribution in [0.4, 0.5) is 20.6 Å². The van der Waals surface area contributed by atoms with E-state index in [0.29, 0.717) is 32.7 Å². The Hall–Kier alpha value is -3.44. The van der Waals surface area contributed by atoms with Crippen LogP contribution in [0.5, 0.6) is 5.75 Å². The predicted molar refractivity (Wildman–Crippen MR) is 153 cm³/mol. The fourth-order valence-electron chi connectivity index (χ4n) is 4.21. The Morgan fingerprint density at radius 2 is 1.67 bits per heavy atom. The van der Waals surface area contributed by atoms with Gasteiger partial charge in [-0.15, -0.1) is 0 Å². The number of carbonyl (C=O) groups excluding carboxylic acids is 3. The van der Waals surface area contributed by atoms with Crippen LogP contribution in [0.3, 0.4) is 0 Å². The molecule has 2 atom stereocenters. The third-order valence-corrected chi connectivity index (χ3v) is 7.51. The van der Waals surface area contributed by atoms with Gasteiger partial charge in [0.15, 0.2) is 0 Å². The van der Waals surface area contributed by atoms with Gasteiger partial charge in [-0.1, -0.05) is 18.2 Å². The summed E-state index contributed by atoms with van der Waals surface area (Å²) in [5.41, 5.74) is 2.26. The quantitative estimate of drug-likeness (QED) is 0.280.